The van der Waals surface area contributed by atoms with Crippen molar-refractivity contribution in [2.75, 3.05) is 0 Å². The minimum atomic E-state index is -0.236. The van der Waals surface area contributed by atoms with Crippen molar-refractivity contribution in [3.63, 3.8) is 0 Å². The lowest BCUT2D eigenvalue weighted by molar-refractivity contribution is 0.618. The molecule has 1 atom stereocenters. The zero-order chi connectivity index (χ0) is 9.84. The van der Waals surface area contributed by atoms with E-state index in [0.29, 0.717) is 6.42 Å². The molecule has 3 heteroatoms. The number of rotatable bonds is 3. The molecular formula is C11H15ClFN. The van der Waals surface area contributed by atoms with Crippen LogP contribution in [0.15, 0.2) is 30.9 Å². The van der Waals surface area contributed by atoms with E-state index in [1.807, 2.05) is 6.92 Å². The summed E-state index contributed by atoms with van der Waals surface area (Å²) in [5.74, 6) is -0.236. The molecule has 1 aromatic rings. The van der Waals surface area contributed by atoms with E-state index in [1.165, 1.54) is 12.1 Å². The standard InChI is InChI=1S/C11H14FN.ClH/c1-3-4-11(13)10-7-9(12)6-5-8(10)2;/h3,5-7,11H,1,4,13H2,2H3;1H/t11-;/m0./s1. The Balaban J connectivity index is 0.00000169. The second-order valence-electron chi connectivity index (χ2n) is 3.13. The first-order chi connectivity index (χ1) is 6.15. The van der Waals surface area contributed by atoms with E-state index in [4.69, 9.17) is 5.73 Å². The van der Waals surface area contributed by atoms with Crippen molar-refractivity contribution in [3.8, 4) is 0 Å². The van der Waals surface area contributed by atoms with Gasteiger partial charge in [-0.1, -0.05) is 12.1 Å². The smallest absolute Gasteiger partial charge is 0.123 e. The summed E-state index contributed by atoms with van der Waals surface area (Å²) in [6.45, 7) is 5.53. The van der Waals surface area contributed by atoms with Crippen LogP contribution in [-0.4, -0.2) is 0 Å². The topological polar surface area (TPSA) is 26.0 Å². The molecule has 0 saturated carbocycles. The summed E-state index contributed by atoms with van der Waals surface area (Å²) in [6.07, 6.45) is 2.42. The molecule has 0 spiro atoms. The van der Waals surface area contributed by atoms with Crippen LogP contribution >= 0.6 is 12.4 Å². The minimum absolute atomic E-state index is 0. The van der Waals surface area contributed by atoms with Gasteiger partial charge in [0, 0.05) is 6.04 Å². The molecule has 0 radical (unpaired) electrons. The van der Waals surface area contributed by atoms with Gasteiger partial charge in [0.25, 0.3) is 0 Å². The molecule has 0 heterocycles. The molecule has 0 saturated heterocycles. The lowest BCUT2D eigenvalue weighted by Gasteiger charge is -2.12. The van der Waals surface area contributed by atoms with Crippen LogP contribution in [0.2, 0.25) is 0 Å². The SMILES string of the molecule is C=CC[C@H](N)c1cc(F)ccc1C.Cl. The Bertz CT molecular complexity index is 312. The highest BCUT2D eigenvalue weighted by Gasteiger charge is 2.07. The van der Waals surface area contributed by atoms with Crippen molar-refractivity contribution in [2.45, 2.75) is 19.4 Å². The average molecular weight is 216 g/mol. The van der Waals surface area contributed by atoms with E-state index >= 15 is 0 Å². The third kappa shape index (κ3) is 3.13. The fraction of sp³-hybridized carbons (Fsp3) is 0.273. The molecular weight excluding hydrogens is 201 g/mol. The summed E-state index contributed by atoms with van der Waals surface area (Å²) < 4.78 is 12.9. The molecule has 0 fully saturated rings. The Morgan fingerprint density at radius 3 is 2.79 bits per heavy atom. The van der Waals surface area contributed by atoms with E-state index < -0.39 is 0 Å². The molecule has 0 unspecified atom stereocenters. The monoisotopic (exact) mass is 215 g/mol. The lowest BCUT2D eigenvalue weighted by Crippen LogP contribution is -2.10. The Morgan fingerprint density at radius 1 is 1.57 bits per heavy atom. The maximum absolute atomic E-state index is 12.9. The highest BCUT2D eigenvalue weighted by atomic mass is 35.5. The lowest BCUT2D eigenvalue weighted by atomic mass is 9.99. The number of hydrogen-bond donors (Lipinski definition) is 1. The number of halogens is 2. The van der Waals surface area contributed by atoms with Crippen molar-refractivity contribution in [3.05, 3.63) is 47.8 Å². The quantitative estimate of drug-likeness (QED) is 0.771. The van der Waals surface area contributed by atoms with E-state index in [1.54, 1.807) is 12.1 Å². The molecule has 0 bridgehead atoms. The van der Waals surface area contributed by atoms with Crippen LogP contribution in [0.4, 0.5) is 4.39 Å². The molecule has 0 aliphatic rings. The van der Waals surface area contributed by atoms with Crippen LogP contribution in [0.5, 0.6) is 0 Å². The van der Waals surface area contributed by atoms with E-state index in [-0.39, 0.29) is 24.3 Å². The van der Waals surface area contributed by atoms with E-state index in [0.717, 1.165) is 11.1 Å². The molecule has 2 N–H and O–H groups in total. The molecule has 0 aliphatic heterocycles. The van der Waals surface area contributed by atoms with Gasteiger partial charge in [-0.2, -0.15) is 0 Å². The summed E-state index contributed by atoms with van der Waals surface area (Å²) in [6, 6.07) is 4.53. The van der Waals surface area contributed by atoms with Gasteiger partial charge in [0.05, 0.1) is 0 Å². The largest absolute Gasteiger partial charge is 0.324 e. The minimum Gasteiger partial charge on any atom is -0.324 e. The second kappa shape index (κ2) is 5.78. The van der Waals surface area contributed by atoms with Gasteiger partial charge in [-0.15, -0.1) is 19.0 Å². The predicted molar refractivity (Wildman–Crippen MR) is 60.1 cm³/mol. The molecule has 0 aromatic heterocycles. The van der Waals surface area contributed by atoms with Crippen molar-refractivity contribution in [1.29, 1.82) is 0 Å². The second-order valence-corrected chi connectivity index (χ2v) is 3.13. The maximum atomic E-state index is 12.9. The van der Waals surface area contributed by atoms with Crippen LogP contribution in [0.3, 0.4) is 0 Å². The Morgan fingerprint density at radius 2 is 2.21 bits per heavy atom. The summed E-state index contributed by atoms with van der Waals surface area (Å²) >= 11 is 0. The molecule has 78 valence electrons. The molecule has 1 nitrogen and oxygen atoms in total. The Hall–Kier alpha value is -0.860. The fourth-order valence-electron chi connectivity index (χ4n) is 1.32. The summed E-state index contributed by atoms with van der Waals surface area (Å²) in [5, 5.41) is 0. The number of benzene rings is 1. The first kappa shape index (κ1) is 13.1. The molecule has 14 heavy (non-hydrogen) atoms. The van der Waals surface area contributed by atoms with Crippen molar-refractivity contribution in [2.24, 2.45) is 5.73 Å². The third-order valence-electron chi connectivity index (χ3n) is 2.06. The van der Waals surface area contributed by atoms with Crippen LogP contribution in [-0.2, 0) is 0 Å². The van der Waals surface area contributed by atoms with Crippen LogP contribution < -0.4 is 5.73 Å². The van der Waals surface area contributed by atoms with Crippen molar-refractivity contribution in [1.82, 2.24) is 0 Å². The fourth-order valence-corrected chi connectivity index (χ4v) is 1.32. The summed E-state index contributed by atoms with van der Waals surface area (Å²) in [4.78, 5) is 0. The van der Waals surface area contributed by atoms with E-state index in [9.17, 15) is 4.39 Å². The van der Waals surface area contributed by atoms with Crippen molar-refractivity contribution >= 4 is 12.4 Å². The normalized spacial score (nSPS) is 11.6. The first-order valence-electron chi connectivity index (χ1n) is 4.27. The van der Waals surface area contributed by atoms with Gasteiger partial charge in [-0.25, -0.2) is 4.39 Å². The highest BCUT2D eigenvalue weighted by Crippen LogP contribution is 2.19. The van der Waals surface area contributed by atoms with Gasteiger partial charge >= 0.3 is 0 Å². The van der Waals surface area contributed by atoms with Crippen LogP contribution in [0, 0.1) is 12.7 Å². The van der Waals surface area contributed by atoms with Crippen molar-refractivity contribution < 1.29 is 4.39 Å². The highest BCUT2D eigenvalue weighted by molar-refractivity contribution is 5.85. The van der Waals surface area contributed by atoms with Gasteiger partial charge in [0.1, 0.15) is 5.82 Å². The van der Waals surface area contributed by atoms with Gasteiger partial charge < -0.3 is 5.73 Å². The van der Waals surface area contributed by atoms with Crippen LogP contribution in [0.25, 0.3) is 0 Å². The van der Waals surface area contributed by atoms with Gasteiger partial charge in [-0.05, 0) is 36.6 Å². The van der Waals surface area contributed by atoms with E-state index in [2.05, 4.69) is 6.58 Å². The summed E-state index contributed by atoms with van der Waals surface area (Å²) in [5.41, 5.74) is 7.72. The third-order valence-corrected chi connectivity index (χ3v) is 2.06. The molecule has 0 amide bonds. The Labute approximate surface area is 90.2 Å². The average Bonchev–Trinajstić information content (AvgIpc) is 2.09. The predicted octanol–water partition coefficient (Wildman–Crippen LogP) is 3.13. The Kier molecular flexibility index (Phi) is 5.43. The number of nitrogens with two attached hydrogens (primary N) is 1. The maximum Gasteiger partial charge on any atom is 0.123 e. The molecule has 1 rings (SSSR count). The number of aryl methyl sites for hydroxylation is 1. The van der Waals surface area contributed by atoms with Crippen LogP contribution in [0.1, 0.15) is 23.6 Å². The van der Waals surface area contributed by atoms with Gasteiger partial charge in [0.15, 0.2) is 0 Å². The number of hydrogen-bond acceptors (Lipinski definition) is 1. The zero-order valence-corrected chi connectivity index (χ0v) is 8.98. The van der Waals surface area contributed by atoms with Gasteiger partial charge in [0.2, 0.25) is 0 Å². The first-order valence-corrected chi connectivity index (χ1v) is 4.27. The van der Waals surface area contributed by atoms with Gasteiger partial charge in [-0.3, -0.25) is 0 Å². The molecule has 0 aliphatic carbocycles. The zero-order valence-electron chi connectivity index (χ0n) is 8.16. The molecule has 1 aromatic carbocycles. The summed E-state index contributed by atoms with van der Waals surface area (Å²) in [7, 11) is 0.